The third kappa shape index (κ3) is 3.82. The molecular weight excluding hydrogens is 368 g/mol. The lowest BCUT2D eigenvalue weighted by Gasteiger charge is -2.36. The highest BCUT2D eigenvalue weighted by Gasteiger charge is 2.34. The Morgan fingerprint density at radius 3 is 2.44 bits per heavy atom. The smallest absolute Gasteiger partial charge is 0.211 e. The van der Waals surface area contributed by atoms with Crippen molar-refractivity contribution >= 4 is 10.0 Å². The van der Waals surface area contributed by atoms with Gasteiger partial charge in [-0.3, -0.25) is 0 Å². The van der Waals surface area contributed by atoms with E-state index >= 15 is 0 Å². The normalized spacial score (nSPS) is 17.6. The maximum atomic E-state index is 12.4. The molecule has 0 fully saturated rings. The molecule has 3 rings (SSSR count). The molecule has 1 aromatic heterocycles. The van der Waals surface area contributed by atoms with Crippen LogP contribution in [0.25, 0.3) is 0 Å². The second-order valence-corrected chi connectivity index (χ2v) is 8.82. The Kier molecular flexibility index (Phi) is 5.48. The van der Waals surface area contributed by atoms with Gasteiger partial charge in [0.1, 0.15) is 5.76 Å². The first-order valence-electron chi connectivity index (χ1n) is 8.89. The van der Waals surface area contributed by atoms with E-state index in [0.717, 1.165) is 28.1 Å². The molecule has 1 aliphatic heterocycles. The van der Waals surface area contributed by atoms with E-state index in [1.54, 1.807) is 18.5 Å². The molecule has 0 N–H and O–H groups in total. The number of methoxy groups -OCH3 is 2. The Hall–Kier alpha value is -2.06. The predicted octanol–water partition coefficient (Wildman–Crippen LogP) is 2.80. The van der Waals surface area contributed by atoms with E-state index in [0.29, 0.717) is 37.3 Å². The average molecular weight is 394 g/mol. The fourth-order valence-corrected chi connectivity index (χ4v) is 4.95. The van der Waals surface area contributed by atoms with Gasteiger partial charge in [0.25, 0.3) is 0 Å². The molecule has 0 aliphatic carbocycles. The topological polar surface area (TPSA) is 81.9 Å². The lowest BCUT2D eigenvalue weighted by Crippen LogP contribution is -2.39. The lowest BCUT2D eigenvalue weighted by atomic mass is 9.89. The van der Waals surface area contributed by atoms with Crippen molar-refractivity contribution in [3.05, 3.63) is 40.3 Å². The highest BCUT2D eigenvalue weighted by atomic mass is 32.2. The number of rotatable bonds is 6. The van der Waals surface area contributed by atoms with E-state index in [1.807, 2.05) is 26.0 Å². The number of fused-ring (bicyclic) bond motifs is 1. The summed E-state index contributed by atoms with van der Waals surface area (Å²) in [7, 11) is -0.156. The van der Waals surface area contributed by atoms with Crippen molar-refractivity contribution in [3.8, 4) is 11.5 Å². The van der Waals surface area contributed by atoms with Gasteiger partial charge >= 0.3 is 0 Å². The van der Waals surface area contributed by atoms with Crippen molar-refractivity contribution < 1.29 is 22.4 Å². The molecule has 0 saturated carbocycles. The average Bonchev–Trinajstić information content (AvgIpc) is 2.95. The molecule has 1 aromatic carbocycles. The summed E-state index contributed by atoms with van der Waals surface area (Å²) < 4.78 is 42.5. The van der Waals surface area contributed by atoms with Crippen LogP contribution >= 0.6 is 0 Å². The Bertz CT molecular complexity index is 916. The standard InChI is InChI=1S/C19H26N2O5S/c1-12-15(13(2)26-20-12)6-7-17-16-11-19(25-4)18(24-3)10-14(16)8-9-21(17)27(5,22)23/h10-11,17H,6-9H2,1-5H3/t17-/m0/s1. The number of aromatic nitrogens is 1. The monoisotopic (exact) mass is 394 g/mol. The molecule has 1 aliphatic rings. The van der Waals surface area contributed by atoms with Gasteiger partial charge in [-0.2, -0.15) is 4.31 Å². The van der Waals surface area contributed by atoms with E-state index in [4.69, 9.17) is 14.0 Å². The van der Waals surface area contributed by atoms with Crippen LogP contribution in [0.4, 0.5) is 0 Å². The molecule has 27 heavy (non-hydrogen) atoms. The van der Waals surface area contributed by atoms with E-state index in [-0.39, 0.29) is 6.04 Å². The molecule has 0 spiro atoms. The van der Waals surface area contributed by atoms with E-state index in [9.17, 15) is 8.42 Å². The summed E-state index contributed by atoms with van der Waals surface area (Å²) in [5.41, 5.74) is 3.95. The van der Waals surface area contributed by atoms with Crippen LogP contribution in [0.1, 0.15) is 40.6 Å². The second kappa shape index (κ2) is 7.52. The van der Waals surface area contributed by atoms with Gasteiger partial charge in [0.2, 0.25) is 10.0 Å². The van der Waals surface area contributed by atoms with Gasteiger partial charge in [-0.1, -0.05) is 5.16 Å². The summed E-state index contributed by atoms with van der Waals surface area (Å²) in [4.78, 5) is 0. The van der Waals surface area contributed by atoms with Gasteiger partial charge in [-0.05, 0) is 56.4 Å². The van der Waals surface area contributed by atoms with Gasteiger partial charge in [0, 0.05) is 12.1 Å². The molecule has 8 heteroatoms. The van der Waals surface area contributed by atoms with Gasteiger partial charge in [0.05, 0.1) is 32.2 Å². The van der Waals surface area contributed by atoms with Crippen LogP contribution in [-0.4, -0.2) is 44.9 Å². The molecule has 0 radical (unpaired) electrons. The Labute approximate surface area is 160 Å². The summed E-state index contributed by atoms with van der Waals surface area (Å²) in [5, 5.41) is 4.00. The molecule has 148 valence electrons. The summed E-state index contributed by atoms with van der Waals surface area (Å²) >= 11 is 0. The number of benzene rings is 1. The highest BCUT2D eigenvalue weighted by molar-refractivity contribution is 7.88. The van der Waals surface area contributed by atoms with Crippen molar-refractivity contribution in [1.29, 1.82) is 0 Å². The molecule has 1 atom stereocenters. The van der Waals surface area contributed by atoms with Crippen LogP contribution in [0.2, 0.25) is 0 Å². The quantitative estimate of drug-likeness (QED) is 0.749. The molecule has 2 aromatic rings. The van der Waals surface area contributed by atoms with E-state index in [2.05, 4.69) is 5.16 Å². The lowest BCUT2D eigenvalue weighted by molar-refractivity contribution is 0.291. The second-order valence-electron chi connectivity index (χ2n) is 6.89. The van der Waals surface area contributed by atoms with Crippen LogP contribution < -0.4 is 9.47 Å². The third-order valence-electron chi connectivity index (χ3n) is 5.23. The first-order valence-corrected chi connectivity index (χ1v) is 10.7. The highest BCUT2D eigenvalue weighted by Crippen LogP contribution is 2.41. The fraction of sp³-hybridized carbons (Fsp3) is 0.526. The summed E-state index contributed by atoms with van der Waals surface area (Å²) in [6, 6.07) is 3.59. The number of sulfonamides is 1. The number of hydrogen-bond acceptors (Lipinski definition) is 6. The van der Waals surface area contributed by atoms with E-state index in [1.165, 1.54) is 6.26 Å². The van der Waals surface area contributed by atoms with E-state index < -0.39 is 10.0 Å². The number of aryl methyl sites for hydroxylation is 2. The predicted molar refractivity (Wildman–Crippen MR) is 102 cm³/mol. The number of ether oxygens (including phenoxy) is 2. The van der Waals surface area contributed by atoms with Gasteiger partial charge in [-0.25, -0.2) is 8.42 Å². The fourth-order valence-electron chi connectivity index (χ4n) is 3.84. The van der Waals surface area contributed by atoms with Crippen molar-refractivity contribution in [1.82, 2.24) is 9.46 Å². The molecule has 0 saturated heterocycles. The maximum Gasteiger partial charge on any atom is 0.211 e. The van der Waals surface area contributed by atoms with Crippen LogP contribution in [0.5, 0.6) is 11.5 Å². The largest absolute Gasteiger partial charge is 0.493 e. The van der Waals surface area contributed by atoms with Crippen molar-refractivity contribution in [2.75, 3.05) is 27.0 Å². The van der Waals surface area contributed by atoms with Crippen molar-refractivity contribution in [2.45, 2.75) is 39.2 Å². The summed E-state index contributed by atoms with van der Waals surface area (Å²) in [6.07, 6.45) is 3.23. The number of nitrogens with zero attached hydrogens (tertiary/aromatic N) is 2. The van der Waals surface area contributed by atoms with Crippen LogP contribution in [0.3, 0.4) is 0 Å². The molecule has 0 unspecified atom stereocenters. The molecule has 0 amide bonds. The first kappa shape index (κ1) is 19.7. The SMILES string of the molecule is COc1cc2c(cc1OC)[C@H](CCc1c(C)noc1C)N(S(C)(=O)=O)CC2. The minimum atomic E-state index is -3.34. The molecular formula is C19H26N2O5S. The van der Waals surface area contributed by atoms with Gasteiger partial charge in [0.15, 0.2) is 11.5 Å². The first-order chi connectivity index (χ1) is 12.8. The number of hydrogen-bond donors (Lipinski definition) is 0. The summed E-state index contributed by atoms with van der Waals surface area (Å²) in [5.74, 6) is 2.05. The summed E-state index contributed by atoms with van der Waals surface area (Å²) in [6.45, 7) is 4.24. The zero-order chi connectivity index (χ0) is 19.8. The van der Waals surface area contributed by atoms with Crippen LogP contribution in [-0.2, 0) is 22.9 Å². The van der Waals surface area contributed by atoms with Crippen LogP contribution in [0, 0.1) is 13.8 Å². The maximum absolute atomic E-state index is 12.4. The Morgan fingerprint density at radius 1 is 1.22 bits per heavy atom. The minimum absolute atomic E-state index is 0.266. The Balaban J connectivity index is 2.01. The van der Waals surface area contributed by atoms with Crippen molar-refractivity contribution in [3.63, 3.8) is 0 Å². The van der Waals surface area contributed by atoms with Gasteiger partial charge < -0.3 is 14.0 Å². The molecule has 2 heterocycles. The van der Waals surface area contributed by atoms with Crippen molar-refractivity contribution in [2.24, 2.45) is 0 Å². The Morgan fingerprint density at radius 2 is 1.89 bits per heavy atom. The molecule has 0 bridgehead atoms. The zero-order valence-corrected chi connectivity index (χ0v) is 17.2. The third-order valence-corrected chi connectivity index (χ3v) is 6.52. The van der Waals surface area contributed by atoms with Gasteiger partial charge in [-0.15, -0.1) is 0 Å². The minimum Gasteiger partial charge on any atom is -0.493 e. The van der Waals surface area contributed by atoms with Crippen LogP contribution in [0.15, 0.2) is 16.7 Å². The zero-order valence-electron chi connectivity index (χ0n) is 16.4. The molecule has 7 nitrogen and oxygen atoms in total.